The molecule has 0 aliphatic heterocycles. The topological polar surface area (TPSA) is 40.5 Å². The number of aliphatic hydroxyl groups excluding tert-OH is 1. The van der Waals surface area contributed by atoms with E-state index in [2.05, 4.69) is 6.58 Å². The number of benzene rings is 2. The molecule has 2 aromatic rings. The van der Waals surface area contributed by atoms with Gasteiger partial charge in [-0.3, -0.25) is 0 Å². The number of rotatable bonds is 6. The average molecular weight is 268 g/mol. The highest BCUT2D eigenvalue weighted by Gasteiger charge is 2.31. The van der Waals surface area contributed by atoms with E-state index in [1.54, 1.807) is 6.08 Å². The lowest BCUT2D eigenvalue weighted by Crippen LogP contribution is -2.27. The molecular weight excluding hydrogens is 248 g/mol. The summed E-state index contributed by atoms with van der Waals surface area (Å²) in [6.45, 7) is 3.71. The quantitative estimate of drug-likeness (QED) is 0.786. The summed E-state index contributed by atoms with van der Waals surface area (Å²) in [4.78, 5) is 0. The molecule has 2 aromatic carbocycles. The molecule has 0 amide bonds. The summed E-state index contributed by atoms with van der Waals surface area (Å²) in [5, 5.41) is 21.2. The molecule has 20 heavy (non-hydrogen) atoms. The van der Waals surface area contributed by atoms with E-state index in [-0.39, 0.29) is 6.42 Å². The highest BCUT2D eigenvalue weighted by atomic mass is 16.3. The Morgan fingerprint density at radius 2 is 1.55 bits per heavy atom. The van der Waals surface area contributed by atoms with Gasteiger partial charge in [0.05, 0.1) is 11.7 Å². The van der Waals surface area contributed by atoms with Crippen LogP contribution in [0.4, 0.5) is 0 Å². The van der Waals surface area contributed by atoms with Crippen LogP contribution >= 0.6 is 0 Å². The summed E-state index contributed by atoms with van der Waals surface area (Å²) >= 11 is 0. The molecule has 2 rings (SSSR count). The minimum atomic E-state index is -1.10. The van der Waals surface area contributed by atoms with E-state index in [9.17, 15) is 10.2 Å². The van der Waals surface area contributed by atoms with Crippen molar-refractivity contribution in [3.63, 3.8) is 0 Å². The Morgan fingerprint density at radius 1 is 1.00 bits per heavy atom. The lowest BCUT2D eigenvalue weighted by Gasteiger charge is -2.30. The van der Waals surface area contributed by atoms with Crippen LogP contribution in [0.15, 0.2) is 73.3 Å². The second kappa shape index (κ2) is 6.51. The Morgan fingerprint density at radius 3 is 2.10 bits per heavy atom. The summed E-state index contributed by atoms with van der Waals surface area (Å²) in [6, 6.07) is 18.8. The van der Waals surface area contributed by atoms with Gasteiger partial charge in [-0.15, -0.1) is 6.58 Å². The average Bonchev–Trinajstić information content (AvgIpc) is 2.49. The Kier molecular flexibility index (Phi) is 4.72. The van der Waals surface area contributed by atoms with Crippen LogP contribution in [-0.2, 0) is 5.60 Å². The van der Waals surface area contributed by atoms with Gasteiger partial charge in [-0.05, 0) is 17.5 Å². The molecule has 0 spiro atoms. The summed E-state index contributed by atoms with van der Waals surface area (Å²) in [7, 11) is 0. The molecule has 0 bridgehead atoms. The third-order valence-corrected chi connectivity index (χ3v) is 3.51. The Hall–Kier alpha value is -1.90. The summed E-state index contributed by atoms with van der Waals surface area (Å²) in [6.07, 6.45) is 1.62. The van der Waals surface area contributed by atoms with E-state index in [4.69, 9.17) is 0 Å². The van der Waals surface area contributed by atoms with Crippen molar-refractivity contribution in [1.29, 1.82) is 0 Å². The molecule has 0 heterocycles. The summed E-state index contributed by atoms with van der Waals surface area (Å²) < 4.78 is 0. The van der Waals surface area contributed by atoms with Gasteiger partial charge in [-0.1, -0.05) is 66.7 Å². The fourth-order valence-electron chi connectivity index (χ4n) is 2.42. The monoisotopic (exact) mass is 268 g/mol. The largest absolute Gasteiger partial charge is 0.388 e. The van der Waals surface area contributed by atoms with Crippen molar-refractivity contribution < 1.29 is 10.2 Å². The maximum Gasteiger partial charge on any atom is 0.0958 e. The van der Waals surface area contributed by atoms with Crippen molar-refractivity contribution in [2.75, 3.05) is 0 Å². The molecular formula is C18H20O2. The summed E-state index contributed by atoms with van der Waals surface area (Å²) in [5.74, 6) is 0. The molecule has 2 heteroatoms. The minimum absolute atomic E-state index is 0.243. The molecule has 2 atom stereocenters. The maximum absolute atomic E-state index is 10.9. The van der Waals surface area contributed by atoms with Gasteiger partial charge in [0.2, 0.25) is 0 Å². The van der Waals surface area contributed by atoms with Crippen molar-refractivity contribution in [2.45, 2.75) is 24.5 Å². The van der Waals surface area contributed by atoms with Crippen LogP contribution in [0.1, 0.15) is 30.1 Å². The predicted molar refractivity (Wildman–Crippen MR) is 81.2 cm³/mol. The van der Waals surface area contributed by atoms with Crippen molar-refractivity contribution in [3.8, 4) is 0 Å². The molecule has 0 aliphatic carbocycles. The zero-order valence-corrected chi connectivity index (χ0v) is 11.4. The van der Waals surface area contributed by atoms with Crippen molar-refractivity contribution in [3.05, 3.63) is 84.4 Å². The van der Waals surface area contributed by atoms with E-state index in [1.807, 2.05) is 60.7 Å². The normalized spacial score (nSPS) is 15.3. The van der Waals surface area contributed by atoms with E-state index >= 15 is 0 Å². The third-order valence-electron chi connectivity index (χ3n) is 3.51. The van der Waals surface area contributed by atoms with Gasteiger partial charge in [0.1, 0.15) is 0 Å². The van der Waals surface area contributed by atoms with Gasteiger partial charge in [-0.25, -0.2) is 0 Å². The maximum atomic E-state index is 10.9. The molecule has 0 unspecified atom stereocenters. The van der Waals surface area contributed by atoms with Gasteiger partial charge in [0, 0.05) is 6.42 Å². The van der Waals surface area contributed by atoms with Gasteiger partial charge >= 0.3 is 0 Å². The van der Waals surface area contributed by atoms with E-state index in [0.29, 0.717) is 6.42 Å². The minimum Gasteiger partial charge on any atom is -0.388 e. The van der Waals surface area contributed by atoms with Crippen LogP contribution in [0.2, 0.25) is 0 Å². The lowest BCUT2D eigenvalue weighted by atomic mass is 9.84. The molecule has 104 valence electrons. The zero-order chi connectivity index (χ0) is 14.4. The van der Waals surface area contributed by atoms with Crippen LogP contribution in [0.5, 0.6) is 0 Å². The van der Waals surface area contributed by atoms with E-state index in [1.165, 1.54) is 0 Å². The van der Waals surface area contributed by atoms with Gasteiger partial charge < -0.3 is 10.2 Å². The van der Waals surface area contributed by atoms with Crippen LogP contribution in [-0.4, -0.2) is 10.2 Å². The molecule has 0 saturated heterocycles. The zero-order valence-electron chi connectivity index (χ0n) is 11.4. The second-order valence-electron chi connectivity index (χ2n) is 5.02. The molecule has 2 nitrogen and oxygen atoms in total. The molecule has 0 aromatic heterocycles. The third kappa shape index (κ3) is 3.35. The SMILES string of the molecule is C=CC[C@](O)(C[C@@H](O)c1ccccc1)c1ccccc1. The first-order chi connectivity index (χ1) is 9.65. The van der Waals surface area contributed by atoms with Crippen LogP contribution in [0.3, 0.4) is 0 Å². The van der Waals surface area contributed by atoms with Gasteiger partial charge in [0.25, 0.3) is 0 Å². The molecule has 0 radical (unpaired) electrons. The van der Waals surface area contributed by atoms with E-state index < -0.39 is 11.7 Å². The Balaban J connectivity index is 2.23. The van der Waals surface area contributed by atoms with Crippen LogP contribution in [0.25, 0.3) is 0 Å². The molecule has 0 aliphatic rings. The van der Waals surface area contributed by atoms with Crippen LogP contribution in [0, 0.1) is 0 Å². The summed E-state index contributed by atoms with van der Waals surface area (Å²) in [5.41, 5.74) is 0.513. The highest BCUT2D eigenvalue weighted by Crippen LogP contribution is 2.35. The number of hydrogen-bond donors (Lipinski definition) is 2. The second-order valence-corrected chi connectivity index (χ2v) is 5.02. The fourth-order valence-corrected chi connectivity index (χ4v) is 2.42. The first-order valence-corrected chi connectivity index (χ1v) is 6.77. The van der Waals surface area contributed by atoms with Crippen molar-refractivity contribution in [1.82, 2.24) is 0 Å². The Bertz CT molecular complexity index is 536. The van der Waals surface area contributed by atoms with Crippen LogP contribution < -0.4 is 0 Å². The lowest BCUT2D eigenvalue weighted by molar-refractivity contribution is -0.0139. The number of hydrogen-bond acceptors (Lipinski definition) is 2. The highest BCUT2D eigenvalue weighted by molar-refractivity contribution is 5.25. The first kappa shape index (κ1) is 14.5. The number of aliphatic hydroxyl groups is 2. The molecule has 0 fully saturated rings. The Labute approximate surface area is 120 Å². The first-order valence-electron chi connectivity index (χ1n) is 6.77. The van der Waals surface area contributed by atoms with E-state index in [0.717, 1.165) is 11.1 Å². The predicted octanol–water partition coefficient (Wildman–Crippen LogP) is 3.57. The molecule has 2 N–H and O–H groups in total. The fraction of sp³-hybridized carbons (Fsp3) is 0.222. The van der Waals surface area contributed by atoms with Gasteiger partial charge in [0.15, 0.2) is 0 Å². The van der Waals surface area contributed by atoms with Crippen molar-refractivity contribution >= 4 is 0 Å². The van der Waals surface area contributed by atoms with Gasteiger partial charge in [-0.2, -0.15) is 0 Å². The smallest absolute Gasteiger partial charge is 0.0958 e. The standard InChI is InChI=1S/C18H20O2/c1-2-13-18(20,16-11-7-4-8-12-16)14-17(19)15-9-5-3-6-10-15/h2-12,17,19-20H,1,13-14H2/t17-,18+/m1/s1. The molecule has 0 saturated carbocycles. The van der Waals surface area contributed by atoms with Crippen molar-refractivity contribution in [2.24, 2.45) is 0 Å².